The number of hydrogen-bond donors (Lipinski definition) is 2. The average molecular weight is 299 g/mol. The number of nitrogens with zero attached hydrogens (tertiary/aromatic N) is 1. The molecule has 0 saturated carbocycles. The van der Waals surface area contributed by atoms with Gasteiger partial charge in [-0.3, -0.25) is 4.98 Å². The Morgan fingerprint density at radius 2 is 1.95 bits per heavy atom. The minimum absolute atomic E-state index is 0.154. The summed E-state index contributed by atoms with van der Waals surface area (Å²) in [6.07, 6.45) is 5.27. The molecular formula is C17H21N3O2. The molecule has 5 nitrogen and oxygen atoms in total. The summed E-state index contributed by atoms with van der Waals surface area (Å²) in [5.74, 6) is 0.858. The van der Waals surface area contributed by atoms with Gasteiger partial charge in [0.1, 0.15) is 5.75 Å². The summed E-state index contributed by atoms with van der Waals surface area (Å²) >= 11 is 0. The van der Waals surface area contributed by atoms with Crippen LogP contribution in [0.1, 0.15) is 17.5 Å². The van der Waals surface area contributed by atoms with Gasteiger partial charge in [-0.1, -0.05) is 18.2 Å². The molecule has 2 rings (SSSR count). The van der Waals surface area contributed by atoms with E-state index in [1.165, 1.54) is 5.56 Å². The topological polar surface area (TPSA) is 63.2 Å². The fourth-order valence-corrected chi connectivity index (χ4v) is 2.03. The predicted octanol–water partition coefficient (Wildman–Crippen LogP) is 2.52. The Labute approximate surface area is 130 Å². The van der Waals surface area contributed by atoms with E-state index in [4.69, 9.17) is 4.74 Å². The molecule has 1 aromatic heterocycles. The maximum Gasteiger partial charge on any atom is 0.315 e. The minimum atomic E-state index is -0.154. The monoisotopic (exact) mass is 299 g/mol. The Morgan fingerprint density at radius 1 is 1.14 bits per heavy atom. The lowest BCUT2D eigenvalue weighted by atomic mass is 10.1. The quantitative estimate of drug-likeness (QED) is 0.772. The number of hydrogen-bond acceptors (Lipinski definition) is 3. The first-order valence-electron chi connectivity index (χ1n) is 7.31. The SMILES string of the molecule is COc1ccc(CCCNC(=O)NCc2cccnc2)cc1. The van der Waals surface area contributed by atoms with Crippen LogP contribution in [0.5, 0.6) is 5.75 Å². The van der Waals surface area contributed by atoms with E-state index in [9.17, 15) is 4.79 Å². The van der Waals surface area contributed by atoms with Gasteiger partial charge in [-0.2, -0.15) is 0 Å². The van der Waals surface area contributed by atoms with E-state index in [1.54, 1.807) is 19.5 Å². The molecule has 22 heavy (non-hydrogen) atoms. The van der Waals surface area contributed by atoms with Crippen LogP contribution in [0.15, 0.2) is 48.8 Å². The number of pyridine rings is 1. The highest BCUT2D eigenvalue weighted by atomic mass is 16.5. The summed E-state index contributed by atoms with van der Waals surface area (Å²) in [7, 11) is 1.66. The summed E-state index contributed by atoms with van der Waals surface area (Å²) in [5.41, 5.74) is 2.22. The second-order valence-corrected chi connectivity index (χ2v) is 4.92. The maximum atomic E-state index is 11.7. The molecule has 0 fully saturated rings. The van der Waals surface area contributed by atoms with Crippen LogP contribution in [0.25, 0.3) is 0 Å². The minimum Gasteiger partial charge on any atom is -0.497 e. The van der Waals surface area contributed by atoms with Crippen molar-refractivity contribution in [2.45, 2.75) is 19.4 Å². The fourth-order valence-electron chi connectivity index (χ4n) is 2.03. The standard InChI is InChI=1S/C17H21N3O2/c1-22-16-8-6-14(7-9-16)4-3-11-19-17(21)20-13-15-5-2-10-18-12-15/h2,5-10,12H,3-4,11,13H2,1H3,(H2,19,20,21). The average Bonchev–Trinajstić information content (AvgIpc) is 2.58. The lowest BCUT2D eigenvalue weighted by molar-refractivity contribution is 0.240. The van der Waals surface area contributed by atoms with Crippen molar-refractivity contribution in [2.75, 3.05) is 13.7 Å². The summed E-state index contributed by atoms with van der Waals surface area (Å²) in [4.78, 5) is 15.7. The predicted molar refractivity (Wildman–Crippen MR) is 85.8 cm³/mol. The molecule has 0 spiro atoms. The smallest absolute Gasteiger partial charge is 0.315 e. The van der Waals surface area contributed by atoms with Crippen LogP contribution in [0, 0.1) is 0 Å². The van der Waals surface area contributed by atoms with Crippen molar-refractivity contribution in [3.8, 4) is 5.75 Å². The van der Waals surface area contributed by atoms with Gasteiger partial charge in [0, 0.05) is 25.5 Å². The Bertz CT molecular complexity index is 570. The molecule has 0 saturated heterocycles. The number of benzene rings is 1. The van der Waals surface area contributed by atoms with Crippen LogP contribution in [0.2, 0.25) is 0 Å². The molecule has 1 aromatic carbocycles. The number of ether oxygens (including phenoxy) is 1. The molecule has 2 amide bonds. The summed E-state index contributed by atoms with van der Waals surface area (Å²) in [6, 6.07) is 11.6. The highest BCUT2D eigenvalue weighted by Gasteiger charge is 2.00. The van der Waals surface area contributed by atoms with E-state index in [-0.39, 0.29) is 6.03 Å². The maximum absolute atomic E-state index is 11.7. The summed E-state index contributed by atoms with van der Waals surface area (Å²) in [6.45, 7) is 1.13. The van der Waals surface area contributed by atoms with Gasteiger partial charge in [-0.15, -0.1) is 0 Å². The number of aromatic nitrogens is 1. The third-order valence-corrected chi connectivity index (χ3v) is 3.26. The van der Waals surface area contributed by atoms with Crippen molar-refractivity contribution in [1.82, 2.24) is 15.6 Å². The van der Waals surface area contributed by atoms with Gasteiger partial charge in [0.15, 0.2) is 0 Å². The Kier molecular flexibility index (Phi) is 6.23. The second kappa shape index (κ2) is 8.67. The van der Waals surface area contributed by atoms with E-state index in [1.807, 2.05) is 36.4 Å². The van der Waals surface area contributed by atoms with Gasteiger partial charge in [0.2, 0.25) is 0 Å². The van der Waals surface area contributed by atoms with E-state index in [2.05, 4.69) is 15.6 Å². The van der Waals surface area contributed by atoms with Crippen molar-refractivity contribution in [2.24, 2.45) is 0 Å². The van der Waals surface area contributed by atoms with Gasteiger partial charge >= 0.3 is 6.03 Å². The van der Waals surface area contributed by atoms with E-state index >= 15 is 0 Å². The van der Waals surface area contributed by atoms with Crippen molar-refractivity contribution in [1.29, 1.82) is 0 Å². The van der Waals surface area contributed by atoms with Crippen LogP contribution in [-0.2, 0) is 13.0 Å². The molecule has 2 N–H and O–H groups in total. The Hall–Kier alpha value is -2.56. The van der Waals surface area contributed by atoms with Crippen molar-refractivity contribution in [3.63, 3.8) is 0 Å². The van der Waals surface area contributed by atoms with Crippen LogP contribution in [-0.4, -0.2) is 24.7 Å². The van der Waals surface area contributed by atoms with Crippen molar-refractivity contribution in [3.05, 3.63) is 59.9 Å². The first-order valence-corrected chi connectivity index (χ1v) is 7.31. The molecule has 0 aliphatic rings. The number of aryl methyl sites for hydroxylation is 1. The summed E-state index contributed by atoms with van der Waals surface area (Å²) in [5, 5.41) is 5.66. The largest absolute Gasteiger partial charge is 0.497 e. The highest BCUT2D eigenvalue weighted by Crippen LogP contribution is 2.12. The molecule has 2 aromatic rings. The molecule has 0 unspecified atom stereocenters. The zero-order valence-corrected chi connectivity index (χ0v) is 12.7. The molecular weight excluding hydrogens is 278 g/mol. The number of amides is 2. The van der Waals surface area contributed by atoms with Crippen molar-refractivity contribution < 1.29 is 9.53 Å². The highest BCUT2D eigenvalue weighted by molar-refractivity contribution is 5.73. The normalized spacial score (nSPS) is 10.0. The number of rotatable bonds is 7. The molecule has 0 aliphatic heterocycles. The van der Waals surface area contributed by atoms with Crippen LogP contribution in [0.3, 0.4) is 0 Å². The molecule has 116 valence electrons. The molecule has 0 atom stereocenters. The number of methoxy groups -OCH3 is 1. The fraction of sp³-hybridized carbons (Fsp3) is 0.294. The van der Waals surface area contributed by atoms with Crippen LogP contribution in [0.4, 0.5) is 4.79 Å². The van der Waals surface area contributed by atoms with E-state index < -0.39 is 0 Å². The summed E-state index contributed by atoms with van der Waals surface area (Å²) < 4.78 is 5.12. The molecule has 0 radical (unpaired) electrons. The van der Waals surface area contributed by atoms with Gasteiger partial charge in [-0.05, 0) is 42.2 Å². The second-order valence-electron chi connectivity index (χ2n) is 4.92. The lowest BCUT2D eigenvalue weighted by Gasteiger charge is -2.08. The van der Waals surface area contributed by atoms with Gasteiger partial charge in [0.25, 0.3) is 0 Å². The first-order chi connectivity index (χ1) is 10.8. The zero-order valence-electron chi connectivity index (χ0n) is 12.7. The van der Waals surface area contributed by atoms with Crippen molar-refractivity contribution >= 4 is 6.03 Å². The van der Waals surface area contributed by atoms with E-state index in [0.717, 1.165) is 24.2 Å². The molecule has 1 heterocycles. The molecule has 0 aliphatic carbocycles. The Balaban J connectivity index is 1.60. The van der Waals surface area contributed by atoms with Gasteiger partial charge < -0.3 is 15.4 Å². The third-order valence-electron chi connectivity index (χ3n) is 3.26. The molecule has 0 bridgehead atoms. The van der Waals surface area contributed by atoms with Gasteiger partial charge in [-0.25, -0.2) is 4.79 Å². The third kappa shape index (κ3) is 5.44. The Morgan fingerprint density at radius 3 is 2.64 bits per heavy atom. The lowest BCUT2D eigenvalue weighted by Crippen LogP contribution is -2.35. The van der Waals surface area contributed by atoms with Crippen LogP contribution >= 0.6 is 0 Å². The first kappa shape index (κ1) is 15.8. The number of urea groups is 1. The van der Waals surface area contributed by atoms with Gasteiger partial charge in [0.05, 0.1) is 7.11 Å². The number of carbonyl (C=O) groups is 1. The van der Waals surface area contributed by atoms with Crippen LogP contribution < -0.4 is 15.4 Å². The zero-order chi connectivity index (χ0) is 15.6. The number of nitrogens with one attached hydrogen (secondary N) is 2. The molecule has 5 heteroatoms. The number of carbonyl (C=O) groups excluding carboxylic acids is 1. The van der Waals surface area contributed by atoms with E-state index in [0.29, 0.717) is 13.1 Å².